The molecule has 0 bridgehead atoms. The molecule has 2 heterocycles. The Morgan fingerprint density at radius 2 is 1.98 bits per heavy atom. The number of alkyl halides is 3. The minimum atomic E-state index is -4.82. The van der Waals surface area contributed by atoms with E-state index in [-0.39, 0.29) is 18.2 Å². The molecule has 3 unspecified atom stereocenters. The van der Waals surface area contributed by atoms with Gasteiger partial charge >= 0.3 is 6.18 Å². The number of aromatic amines is 1. The van der Waals surface area contributed by atoms with Crippen molar-refractivity contribution in [1.29, 1.82) is 0 Å². The Balaban J connectivity index is 1.77. The van der Waals surface area contributed by atoms with Gasteiger partial charge in [-0.05, 0) is 107 Å². The van der Waals surface area contributed by atoms with Crippen molar-refractivity contribution in [1.82, 2.24) is 14.8 Å². The first kappa shape index (κ1) is 32.0. The van der Waals surface area contributed by atoms with Crippen LogP contribution in [-0.4, -0.2) is 75.7 Å². The highest BCUT2D eigenvalue weighted by molar-refractivity contribution is 5.57. The lowest BCUT2D eigenvalue weighted by Crippen LogP contribution is -2.48. The number of hydrogen-bond acceptors (Lipinski definition) is 5. The fourth-order valence-electron chi connectivity index (χ4n) is 6.02. The number of H-pyrrole nitrogens is 1. The fraction of sp³-hybridized carbons (Fsp3) is 0.645. The molecule has 3 rings (SSSR count). The lowest BCUT2D eigenvalue weighted by atomic mass is 9.82. The van der Waals surface area contributed by atoms with Crippen LogP contribution < -0.4 is 0 Å². The maximum Gasteiger partial charge on any atom is 0.417 e. The van der Waals surface area contributed by atoms with Crippen LogP contribution in [-0.2, 0) is 6.42 Å². The minimum absolute atomic E-state index is 0.142. The van der Waals surface area contributed by atoms with Gasteiger partial charge in [-0.2, -0.15) is 13.2 Å². The van der Waals surface area contributed by atoms with Gasteiger partial charge in [0.05, 0.1) is 0 Å². The molecule has 3 N–H and O–H groups in total. The van der Waals surface area contributed by atoms with Crippen molar-refractivity contribution < 1.29 is 23.4 Å². The molecular formula is C31H47F3N4O2. The van der Waals surface area contributed by atoms with E-state index in [0.29, 0.717) is 29.2 Å². The molecule has 1 aromatic rings. The fourth-order valence-corrected chi connectivity index (χ4v) is 6.02. The zero-order chi connectivity index (χ0) is 29.5. The van der Waals surface area contributed by atoms with E-state index in [1.165, 1.54) is 6.42 Å². The first-order chi connectivity index (χ1) is 18.9. The molecule has 1 fully saturated rings. The molecule has 3 atom stereocenters. The van der Waals surface area contributed by atoms with Crippen molar-refractivity contribution in [3.8, 4) is 0 Å². The van der Waals surface area contributed by atoms with Crippen LogP contribution in [0.4, 0.5) is 13.2 Å². The summed E-state index contributed by atoms with van der Waals surface area (Å²) in [6, 6.07) is 1.81. The molecule has 1 aliphatic carbocycles. The third-order valence-corrected chi connectivity index (χ3v) is 8.16. The molecule has 224 valence electrons. The van der Waals surface area contributed by atoms with Gasteiger partial charge in [-0.25, -0.2) is 4.99 Å². The number of aliphatic hydroxyl groups excluding tert-OH is 1. The number of aromatic nitrogens is 1. The Labute approximate surface area is 237 Å². The summed E-state index contributed by atoms with van der Waals surface area (Å²) in [6.07, 6.45) is 5.13. The summed E-state index contributed by atoms with van der Waals surface area (Å²) in [6.45, 7) is 14.8. The second-order valence-electron chi connectivity index (χ2n) is 11.5. The molecule has 1 aliphatic heterocycles. The van der Waals surface area contributed by atoms with Crippen LogP contribution in [0, 0.1) is 12.8 Å². The van der Waals surface area contributed by atoms with E-state index in [2.05, 4.69) is 33.4 Å². The highest BCUT2D eigenvalue weighted by Crippen LogP contribution is 2.40. The summed E-state index contributed by atoms with van der Waals surface area (Å²) < 4.78 is 43.0. The SMILES string of the molecule is C=N/C(=C\c1cc(CC(O)(CC(C)CC2=CC(N3CCCCC3)CC=C2O)C(F)(F)F)[nH]c1C)N(CC)CCC. The van der Waals surface area contributed by atoms with E-state index in [4.69, 9.17) is 0 Å². The maximum atomic E-state index is 14.3. The van der Waals surface area contributed by atoms with Gasteiger partial charge in [0.25, 0.3) is 0 Å². The number of likely N-dealkylation sites (tertiary alicyclic amines) is 1. The summed E-state index contributed by atoms with van der Waals surface area (Å²) in [5.41, 5.74) is -0.521. The number of nitrogens with one attached hydrogen (secondary N) is 1. The zero-order valence-corrected chi connectivity index (χ0v) is 24.5. The second kappa shape index (κ2) is 13.9. The molecule has 0 aromatic carbocycles. The highest BCUT2D eigenvalue weighted by atomic mass is 19.4. The van der Waals surface area contributed by atoms with Crippen molar-refractivity contribution in [2.75, 3.05) is 26.2 Å². The standard InChI is InChI=1S/C31H47F3N4O2/c1-6-13-37(7-2)29(35-5)19-24-17-26(36-23(24)4)21-30(40,31(32,33)34)20-22(3)16-25-18-27(11-12-28(25)39)38-14-9-8-10-15-38/h12,17-19,22,27,36,39-40H,5-11,13-16,20-21H2,1-4H3/b29-19+. The van der Waals surface area contributed by atoms with Crippen LogP contribution in [0.15, 0.2) is 40.4 Å². The molecule has 1 saturated heterocycles. The van der Waals surface area contributed by atoms with Crippen molar-refractivity contribution in [3.05, 3.63) is 52.3 Å². The van der Waals surface area contributed by atoms with Gasteiger partial charge in [0.2, 0.25) is 0 Å². The summed E-state index contributed by atoms with van der Waals surface area (Å²) >= 11 is 0. The van der Waals surface area contributed by atoms with Gasteiger partial charge in [-0.1, -0.05) is 26.3 Å². The molecule has 6 nitrogen and oxygen atoms in total. The normalized spacial score (nSPS) is 21.4. The van der Waals surface area contributed by atoms with E-state index in [9.17, 15) is 23.4 Å². The minimum Gasteiger partial charge on any atom is -0.508 e. The first-order valence-corrected chi connectivity index (χ1v) is 14.7. The van der Waals surface area contributed by atoms with Gasteiger partial charge in [-0.15, -0.1) is 0 Å². The summed E-state index contributed by atoms with van der Waals surface area (Å²) in [5, 5.41) is 21.6. The van der Waals surface area contributed by atoms with Gasteiger partial charge in [0, 0.05) is 36.9 Å². The lowest BCUT2D eigenvalue weighted by molar-refractivity contribution is -0.265. The van der Waals surface area contributed by atoms with Gasteiger partial charge in [0.15, 0.2) is 5.60 Å². The van der Waals surface area contributed by atoms with E-state index >= 15 is 0 Å². The van der Waals surface area contributed by atoms with Crippen LogP contribution in [0.1, 0.15) is 82.7 Å². The summed E-state index contributed by atoms with van der Waals surface area (Å²) in [5.74, 6) is 0.296. The largest absolute Gasteiger partial charge is 0.508 e. The summed E-state index contributed by atoms with van der Waals surface area (Å²) in [7, 11) is 0. The molecule has 1 aromatic heterocycles. The predicted octanol–water partition coefficient (Wildman–Crippen LogP) is 6.93. The lowest BCUT2D eigenvalue weighted by Gasteiger charge is -2.35. The zero-order valence-electron chi connectivity index (χ0n) is 24.5. The topological polar surface area (TPSA) is 75.1 Å². The molecule has 40 heavy (non-hydrogen) atoms. The number of hydrogen-bond donors (Lipinski definition) is 3. The van der Waals surface area contributed by atoms with Crippen LogP contribution in [0.3, 0.4) is 0 Å². The highest BCUT2D eigenvalue weighted by Gasteiger charge is 2.54. The third kappa shape index (κ3) is 8.03. The molecule has 0 saturated carbocycles. The Morgan fingerprint density at radius 1 is 1.27 bits per heavy atom. The average molecular weight is 565 g/mol. The van der Waals surface area contributed by atoms with Crippen molar-refractivity contribution >= 4 is 12.8 Å². The van der Waals surface area contributed by atoms with E-state index < -0.39 is 30.5 Å². The maximum absolute atomic E-state index is 14.3. The Kier molecular flexibility index (Phi) is 11.1. The third-order valence-electron chi connectivity index (χ3n) is 8.16. The monoisotopic (exact) mass is 564 g/mol. The van der Waals surface area contributed by atoms with Crippen molar-refractivity contribution in [2.24, 2.45) is 10.9 Å². The van der Waals surface area contributed by atoms with Crippen LogP contribution in [0.5, 0.6) is 0 Å². The average Bonchev–Trinajstić information content (AvgIpc) is 3.24. The van der Waals surface area contributed by atoms with E-state index in [1.54, 1.807) is 26.0 Å². The number of aliphatic hydroxyl groups is 2. The molecular weight excluding hydrogens is 517 g/mol. The van der Waals surface area contributed by atoms with Crippen molar-refractivity contribution in [3.63, 3.8) is 0 Å². The number of piperidine rings is 1. The predicted molar refractivity (Wildman–Crippen MR) is 156 cm³/mol. The van der Waals surface area contributed by atoms with Crippen molar-refractivity contribution in [2.45, 2.75) is 96.9 Å². The molecule has 0 spiro atoms. The van der Waals surface area contributed by atoms with Crippen LogP contribution in [0.25, 0.3) is 6.08 Å². The number of nitrogens with zero attached hydrogens (tertiary/aromatic N) is 3. The Morgan fingerprint density at radius 3 is 2.58 bits per heavy atom. The summed E-state index contributed by atoms with van der Waals surface area (Å²) in [4.78, 5) is 11.6. The second-order valence-corrected chi connectivity index (χ2v) is 11.5. The number of allylic oxidation sites excluding steroid dienone is 1. The molecule has 0 amide bonds. The van der Waals surface area contributed by atoms with Crippen LogP contribution >= 0.6 is 0 Å². The van der Waals surface area contributed by atoms with E-state index in [0.717, 1.165) is 51.0 Å². The Hall–Kier alpha value is -2.52. The number of rotatable bonds is 13. The number of aliphatic imine (C=N–C) groups is 1. The number of halogens is 3. The Bertz CT molecular complexity index is 1080. The smallest absolute Gasteiger partial charge is 0.417 e. The molecule has 9 heteroatoms. The van der Waals surface area contributed by atoms with Crippen LogP contribution in [0.2, 0.25) is 0 Å². The molecule has 2 aliphatic rings. The van der Waals surface area contributed by atoms with E-state index in [1.807, 2.05) is 19.1 Å². The van der Waals surface area contributed by atoms with Gasteiger partial charge in [-0.3, -0.25) is 4.90 Å². The number of aryl methyl sites for hydroxylation is 1. The quantitative estimate of drug-likeness (QED) is 0.227. The molecule has 0 radical (unpaired) electrons. The van der Waals surface area contributed by atoms with Gasteiger partial charge in [0.1, 0.15) is 11.6 Å². The first-order valence-electron chi connectivity index (χ1n) is 14.7. The van der Waals surface area contributed by atoms with Gasteiger partial charge < -0.3 is 20.1 Å².